The van der Waals surface area contributed by atoms with Crippen LogP contribution in [0.1, 0.15) is 57.2 Å². The fourth-order valence-electron chi connectivity index (χ4n) is 3.62. The van der Waals surface area contributed by atoms with Crippen molar-refractivity contribution in [2.45, 2.75) is 69.8 Å². The van der Waals surface area contributed by atoms with Gasteiger partial charge in [-0.25, -0.2) is 4.79 Å². The van der Waals surface area contributed by atoms with Gasteiger partial charge < -0.3 is 20.1 Å². The summed E-state index contributed by atoms with van der Waals surface area (Å²) in [6.07, 6.45) is 1.45. The first kappa shape index (κ1) is 23.1. The van der Waals surface area contributed by atoms with Crippen LogP contribution in [-0.2, 0) is 21.4 Å². The van der Waals surface area contributed by atoms with Gasteiger partial charge in [0.15, 0.2) is 0 Å². The van der Waals surface area contributed by atoms with Gasteiger partial charge in [-0.2, -0.15) is 0 Å². The van der Waals surface area contributed by atoms with Crippen molar-refractivity contribution in [3.05, 3.63) is 63.8 Å². The molecule has 0 amide bonds. The van der Waals surface area contributed by atoms with Crippen molar-refractivity contribution < 1.29 is 24.9 Å². The molecule has 0 saturated heterocycles. The number of aryl methyl sites for hydroxylation is 2. The number of esters is 1. The predicted octanol–water partition coefficient (Wildman–Crippen LogP) is 5.90. The average molecular weight is 443 g/mol. The lowest BCUT2D eigenvalue weighted by Gasteiger charge is -2.34. The molecule has 6 heteroatoms. The van der Waals surface area contributed by atoms with Crippen molar-refractivity contribution in [1.29, 1.82) is 0 Å². The molecular formula is C25H30O5S. The summed E-state index contributed by atoms with van der Waals surface area (Å²) in [7, 11) is 0. The maximum Gasteiger partial charge on any atom is 0.348 e. The minimum atomic E-state index is -0.805. The van der Waals surface area contributed by atoms with Crippen molar-refractivity contribution in [2.75, 3.05) is 0 Å². The van der Waals surface area contributed by atoms with Gasteiger partial charge in [-0.3, -0.25) is 0 Å². The van der Waals surface area contributed by atoms with Crippen LogP contribution in [0.2, 0.25) is 0 Å². The number of hydrogen-bond acceptors (Lipinski definition) is 6. The Balaban J connectivity index is 1.82. The molecule has 1 atom stereocenters. The SMILES string of the molecule is Cc1cc(SC2=C(O)CC(C)(CCc3ccc(O)cc3)OC2=O)c(C(C)(C)C)cc1O. The van der Waals surface area contributed by atoms with Crippen molar-refractivity contribution in [2.24, 2.45) is 0 Å². The van der Waals surface area contributed by atoms with Crippen LogP contribution in [0, 0.1) is 6.92 Å². The van der Waals surface area contributed by atoms with Crippen LogP contribution < -0.4 is 0 Å². The normalized spacial score (nSPS) is 19.5. The molecule has 1 unspecified atom stereocenters. The topological polar surface area (TPSA) is 87.0 Å². The highest BCUT2D eigenvalue weighted by molar-refractivity contribution is 8.04. The Bertz CT molecular complexity index is 1020. The lowest BCUT2D eigenvalue weighted by Crippen LogP contribution is -2.37. The second kappa shape index (κ2) is 8.50. The quantitative estimate of drug-likeness (QED) is 0.500. The summed E-state index contributed by atoms with van der Waals surface area (Å²) in [6, 6.07) is 10.5. The molecule has 3 N–H and O–H groups in total. The van der Waals surface area contributed by atoms with Crippen molar-refractivity contribution in [1.82, 2.24) is 0 Å². The third-order valence-corrected chi connectivity index (χ3v) is 6.69. The highest BCUT2D eigenvalue weighted by Crippen LogP contribution is 2.44. The Hall–Kier alpha value is -2.60. The molecule has 31 heavy (non-hydrogen) atoms. The van der Waals surface area contributed by atoms with Crippen molar-refractivity contribution >= 4 is 17.7 Å². The van der Waals surface area contributed by atoms with Gasteiger partial charge in [-0.1, -0.05) is 44.7 Å². The second-order valence-electron chi connectivity index (χ2n) is 9.45. The summed E-state index contributed by atoms with van der Waals surface area (Å²) in [6.45, 7) is 9.74. The number of aliphatic hydroxyl groups excluding tert-OH is 1. The molecule has 0 bridgehead atoms. The summed E-state index contributed by atoms with van der Waals surface area (Å²) in [5.74, 6) is -0.0894. The number of ether oxygens (including phenoxy) is 1. The molecule has 2 aromatic rings. The Morgan fingerprint density at radius 1 is 1.10 bits per heavy atom. The number of aliphatic hydroxyl groups is 1. The number of aromatic hydroxyl groups is 2. The molecule has 0 saturated carbocycles. The molecule has 0 spiro atoms. The van der Waals surface area contributed by atoms with E-state index in [4.69, 9.17) is 4.74 Å². The Labute approximate surface area is 187 Å². The number of hydrogen-bond donors (Lipinski definition) is 3. The third-order valence-electron chi connectivity index (χ3n) is 5.53. The number of carbonyl (C=O) groups excluding carboxylic acids is 1. The molecule has 0 fully saturated rings. The Kier molecular flexibility index (Phi) is 6.33. The number of phenols is 2. The molecule has 2 aromatic carbocycles. The van der Waals surface area contributed by atoms with Gasteiger partial charge in [0.05, 0.1) is 0 Å². The van der Waals surface area contributed by atoms with Gasteiger partial charge in [0.25, 0.3) is 0 Å². The van der Waals surface area contributed by atoms with E-state index in [-0.39, 0.29) is 34.0 Å². The van der Waals surface area contributed by atoms with E-state index in [0.717, 1.165) is 16.0 Å². The number of phenolic OH excluding ortho intramolecular Hbond substituents is 2. The van der Waals surface area contributed by atoms with Crippen LogP contribution in [0.25, 0.3) is 0 Å². The number of carbonyl (C=O) groups is 1. The fraction of sp³-hybridized carbons (Fsp3) is 0.400. The van der Waals surface area contributed by atoms with Gasteiger partial charge in [-0.05, 0) is 73.1 Å². The van der Waals surface area contributed by atoms with Crippen molar-refractivity contribution in [3.8, 4) is 11.5 Å². The van der Waals surface area contributed by atoms with Gasteiger partial charge in [0.2, 0.25) is 0 Å². The van der Waals surface area contributed by atoms with Crippen LogP contribution in [0.5, 0.6) is 11.5 Å². The average Bonchev–Trinajstić information content (AvgIpc) is 2.66. The van der Waals surface area contributed by atoms with Crippen LogP contribution in [0.15, 0.2) is 52.0 Å². The lowest BCUT2D eigenvalue weighted by atomic mass is 9.86. The molecule has 166 valence electrons. The minimum Gasteiger partial charge on any atom is -0.511 e. The van der Waals surface area contributed by atoms with Gasteiger partial charge in [0.1, 0.15) is 27.8 Å². The number of cyclic esters (lactones) is 1. The summed E-state index contributed by atoms with van der Waals surface area (Å²) >= 11 is 1.19. The van der Waals surface area contributed by atoms with Gasteiger partial charge in [-0.15, -0.1) is 0 Å². The monoisotopic (exact) mass is 442 g/mol. The fourth-order valence-corrected chi connectivity index (χ4v) is 4.87. The lowest BCUT2D eigenvalue weighted by molar-refractivity contribution is -0.156. The van der Waals surface area contributed by atoms with E-state index >= 15 is 0 Å². The van der Waals surface area contributed by atoms with Crippen molar-refractivity contribution in [3.63, 3.8) is 0 Å². The molecule has 5 nitrogen and oxygen atoms in total. The maximum absolute atomic E-state index is 12.9. The van der Waals surface area contributed by atoms with E-state index in [1.165, 1.54) is 11.8 Å². The first-order chi connectivity index (χ1) is 14.4. The molecule has 3 rings (SSSR count). The highest BCUT2D eigenvalue weighted by Gasteiger charge is 2.39. The highest BCUT2D eigenvalue weighted by atomic mass is 32.2. The Morgan fingerprint density at radius 2 is 1.74 bits per heavy atom. The number of benzene rings is 2. The minimum absolute atomic E-state index is 0.0278. The van der Waals surface area contributed by atoms with E-state index in [1.807, 2.05) is 45.9 Å². The van der Waals surface area contributed by atoms with Crippen LogP contribution in [-0.4, -0.2) is 26.9 Å². The molecule has 0 aliphatic carbocycles. The Morgan fingerprint density at radius 3 is 2.32 bits per heavy atom. The summed E-state index contributed by atoms with van der Waals surface area (Å²) < 4.78 is 5.78. The van der Waals surface area contributed by atoms with E-state index in [0.29, 0.717) is 18.4 Å². The van der Waals surface area contributed by atoms with Gasteiger partial charge >= 0.3 is 5.97 Å². The summed E-state index contributed by atoms with van der Waals surface area (Å²) in [5.41, 5.74) is 1.57. The zero-order valence-electron chi connectivity index (χ0n) is 18.7. The van der Waals surface area contributed by atoms with E-state index in [9.17, 15) is 20.1 Å². The van der Waals surface area contributed by atoms with E-state index in [2.05, 4.69) is 0 Å². The van der Waals surface area contributed by atoms with Gasteiger partial charge in [0, 0.05) is 11.3 Å². The molecular weight excluding hydrogens is 412 g/mol. The molecule has 1 aliphatic rings. The third kappa shape index (κ3) is 5.37. The number of rotatable bonds is 5. The van der Waals surface area contributed by atoms with Crippen LogP contribution >= 0.6 is 11.8 Å². The molecule has 1 heterocycles. The van der Waals surface area contributed by atoms with E-state index in [1.54, 1.807) is 25.1 Å². The standard InChI is InChI=1S/C25H30O5S/c1-15-12-21(18(13-19(15)27)24(2,3)4)31-22-20(28)14-25(5,30-23(22)29)11-10-16-6-8-17(26)9-7-16/h6-9,12-13,26-28H,10-11,14H2,1-5H3. The zero-order chi connectivity index (χ0) is 23.0. The molecule has 0 radical (unpaired) electrons. The smallest absolute Gasteiger partial charge is 0.348 e. The first-order valence-corrected chi connectivity index (χ1v) is 11.1. The predicted molar refractivity (Wildman–Crippen MR) is 123 cm³/mol. The van der Waals surface area contributed by atoms with Crippen LogP contribution in [0.3, 0.4) is 0 Å². The number of thioether (sulfide) groups is 1. The summed E-state index contributed by atoms with van der Waals surface area (Å²) in [4.78, 5) is 13.9. The zero-order valence-corrected chi connectivity index (χ0v) is 19.5. The maximum atomic E-state index is 12.9. The second-order valence-corrected chi connectivity index (χ2v) is 10.5. The first-order valence-electron chi connectivity index (χ1n) is 10.3. The molecule has 1 aliphatic heterocycles. The van der Waals surface area contributed by atoms with Crippen LogP contribution in [0.4, 0.5) is 0 Å². The summed E-state index contributed by atoms with van der Waals surface area (Å²) in [5, 5.41) is 30.3. The molecule has 0 aromatic heterocycles. The largest absolute Gasteiger partial charge is 0.511 e. The van der Waals surface area contributed by atoms with E-state index < -0.39 is 11.6 Å².